The summed E-state index contributed by atoms with van der Waals surface area (Å²) in [5, 5.41) is 9.11. The average Bonchev–Trinajstić information content (AvgIpc) is 4.04. The van der Waals surface area contributed by atoms with E-state index in [-0.39, 0.29) is 17.6 Å². The maximum atomic E-state index is 14.3. The van der Waals surface area contributed by atoms with E-state index in [1.807, 2.05) is 20.9 Å². The van der Waals surface area contributed by atoms with E-state index < -0.39 is 48.1 Å². The molecule has 52 heavy (non-hydrogen) atoms. The highest BCUT2D eigenvalue weighted by Gasteiger charge is 2.41. The van der Waals surface area contributed by atoms with Gasteiger partial charge in [-0.3, -0.25) is 19.1 Å². The number of nitrogens with one attached hydrogen (secondary N) is 2. The standard InChI is InChI=1S/C22H32F4N4O2.C9H14O.C6H9N3O/c1-13(11-22(24,25)26)20(31)28-19(21(32)30-9-8-29(5)14(2)12-30)15(3)16-6-7-18(27-4)17(23)10-16;10-6-5-9(7-1-2-7)8-3-4-8;1-2-9-5(6(7)10)3-4-8-9/h6-7,10,13-15,19,27H,8-9,11-12H2,1-5H3,(H,28,31);6-9H,1-5H2;3-4H,2H2,1H3,(H2,7,10). The van der Waals surface area contributed by atoms with Gasteiger partial charge in [-0.1, -0.05) is 19.9 Å². The summed E-state index contributed by atoms with van der Waals surface area (Å²) in [6.07, 6.45) is 3.32. The summed E-state index contributed by atoms with van der Waals surface area (Å²) in [7, 11) is 3.52. The first kappa shape index (κ1) is 42.4. The molecule has 1 aliphatic heterocycles. The van der Waals surface area contributed by atoms with Gasteiger partial charge in [-0.15, -0.1) is 0 Å². The third kappa shape index (κ3) is 12.6. The fraction of sp³-hybridized carbons (Fsp3) is 0.649. The number of piperazine rings is 1. The molecular weight excluding hydrogens is 682 g/mol. The highest BCUT2D eigenvalue weighted by atomic mass is 19.4. The zero-order valence-corrected chi connectivity index (χ0v) is 31.1. The van der Waals surface area contributed by atoms with Crippen molar-refractivity contribution in [2.75, 3.05) is 39.0 Å². The van der Waals surface area contributed by atoms with Gasteiger partial charge in [0.15, 0.2) is 0 Å². The van der Waals surface area contributed by atoms with Crippen LogP contribution in [0.15, 0.2) is 30.5 Å². The third-order valence-electron chi connectivity index (χ3n) is 10.2. The molecule has 0 radical (unpaired) electrons. The molecule has 1 aromatic carbocycles. The van der Waals surface area contributed by atoms with Crippen molar-refractivity contribution in [2.24, 2.45) is 29.4 Å². The van der Waals surface area contributed by atoms with Crippen LogP contribution in [0.1, 0.15) is 88.2 Å². The van der Waals surface area contributed by atoms with Crippen molar-refractivity contribution in [3.8, 4) is 0 Å². The number of aldehydes is 1. The first-order valence-corrected chi connectivity index (χ1v) is 18.1. The van der Waals surface area contributed by atoms with Crippen LogP contribution >= 0.6 is 0 Å². The van der Waals surface area contributed by atoms with Gasteiger partial charge in [-0.05, 0) is 88.1 Å². The Hall–Kier alpha value is -4.01. The van der Waals surface area contributed by atoms with Crippen LogP contribution in [0.4, 0.5) is 23.2 Å². The number of nitrogens with two attached hydrogens (primary N) is 1. The number of rotatable bonds is 13. The van der Waals surface area contributed by atoms with E-state index in [9.17, 15) is 36.7 Å². The molecule has 290 valence electrons. The number of anilines is 1. The van der Waals surface area contributed by atoms with E-state index in [1.165, 1.54) is 44.7 Å². The minimum atomic E-state index is -4.50. The Morgan fingerprint density at radius 2 is 1.71 bits per heavy atom. The molecule has 0 bridgehead atoms. The van der Waals surface area contributed by atoms with Crippen LogP contribution in [0.25, 0.3) is 0 Å². The molecule has 0 spiro atoms. The van der Waals surface area contributed by atoms with Gasteiger partial charge >= 0.3 is 6.18 Å². The molecule has 3 fully saturated rings. The fourth-order valence-electron chi connectivity index (χ4n) is 6.51. The number of primary amides is 1. The van der Waals surface area contributed by atoms with Crippen LogP contribution in [0, 0.1) is 29.5 Å². The van der Waals surface area contributed by atoms with E-state index in [0.29, 0.717) is 37.4 Å². The van der Waals surface area contributed by atoms with Crippen LogP contribution in [-0.4, -0.2) is 95.6 Å². The number of alkyl halides is 3. The summed E-state index contributed by atoms with van der Waals surface area (Å²) in [6.45, 7) is 8.87. The molecule has 1 aromatic heterocycles. The van der Waals surface area contributed by atoms with Gasteiger partial charge in [0.05, 0.1) is 12.1 Å². The molecular formula is C37H55F4N7O4. The summed E-state index contributed by atoms with van der Waals surface area (Å²) in [6, 6.07) is 5.01. The quantitative estimate of drug-likeness (QED) is 0.189. The number of carbonyl (C=O) groups excluding carboxylic acids is 4. The van der Waals surface area contributed by atoms with Crippen molar-refractivity contribution in [3.05, 3.63) is 47.5 Å². The van der Waals surface area contributed by atoms with Crippen molar-refractivity contribution < 1.29 is 36.7 Å². The second-order valence-electron chi connectivity index (χ2n) is 14.2. The number of benzene rings is 1. The molecule has 2 aliphatic carbocycles. The van der Waals surface area contributed by atoms with E-state index in [2.05, 4.69) is 20.6 Å². The first-order valence-electron chi connectivity index (χ1n) is 18.1. The maximum absolute atomic E-state index is 14.3. The van der Waals surface area contributed by atoms with E-state index in [4.69, 9.17) is 5.73 Å². The largest absolute Gasteiger partial charge is 0.389 e. The van der Waals surface area contributed by atoms with Gasteiger partial charge < -0.3 is 31.0 Å². The number of halogens is 4. The zero-order valence-electron chi connectivity index (χ0n) is 31.1. The normalized spacial score (nSPS) is 19.3. The van der Waals surface area contributed by atoms with Gasteiger partial charge in [-0.25, -0.2) is 4.39 Å². The Kier molecular flexibility index (Phi) is 15.6. The second kappa shape index (κ2) is 19.2. The summed E-state index contributed by atoms with van der Waals surface area (Å²) in [4.78, 5) is 50.5. The van der Waals surface area contributed by atoms with Crippen LogP contribution in [0.2, 0.25) is 0 Å². The van der Waals surface area contributed by atoms with E-state index in [1.54, 1.807) is 41.9 Å². The van der Waals surface area contributed by atoms with Crippen LogP contribution in [0.5, 0.6) is 0 Å². The fourth-order valence-corrected chi connectivity index (χ4v) is 6.51. The molecule has 3 amide bonds. The number of hydrogen-bond acceptors (Lipinski definition) is 7. The van der Waals surface area contributed by atoms with Crippen molar-refractivity contribution in [1.29, 1.82) is 0 Å². The summed E-state index contributed by atoms with van der Waals surface area (Å²) in [5.41, 5.74) is 6.24. The lowest BCUT2D eigenvalue weighted by atomic mass is 9.90. The highest BCUT2D eigenvalue weighted by molar-refractivity contribution is 5.91. The average molecular weight is 738 g/mol. The molecule has 2 aromatic rings. The Morgan fingerprint density at radius 1 is 1.08 bits per heavy atom. The summed E-state index contributed by atoms with van der Waals surface area (Å²) < 4.78 is 54.2. The van der Waals surface area contributed by atoms with Crippen LogP contribution < -0.4 is 16.4 Å². The number of likely N-dealkylation sites (N-methyl/N-ethyl adjacent to an activating group) is 1. The van der Waals surface area contributed by atoms with Gasteiger partial charge in [0.2, 0.25) is 11.8 Å². The monoisotopic (exact) mass is 737 g/mol. The molecule has 2 heterocycles. The molecule has 3 aliphatic rings. The molecule has 5 rings (SSSR count). The SMILES string of the molecule is CCn1nccc1C(N)=O.CNc1ccc(C(C)C(NC(=O)C(C)CC(F)(F)F)C(=O)N2CCN(C)C(C)C2)cc1F.O=CCC(C1CC1)C1CC1. The number of hydrogen-bond donors (Lipinski definition) is 3. The van der Waals surface area contributed by atoms with Crippen molar-refractivity contribution in [3.63, 3.8) is 0 Å². The molecule has 4 atom stereocenters. The number of nitrogens with zero attached hydrogens (tertiary/aromatic N) is 4. The van der Waals surface area contributed by atoms with Crippen LogP contribution in [-0.2, 0) is 20.9 Å². The Morgan fingerprint density at radius 3 is 2.17 bits per heavy atom. The Bertz CT molecular complexity index is 1480. The molecule has 4 N–H and O–H groups in total. The van der Waals surface area contributed by atoms with E-state index >= 15 is 0 Å². The van der Waals surface area contributed by atoms with Crippen molar-refractivity contribution in [1.82, 2.24) is 24.9 Å². The first-order chi connectivity index (χ1) is 24.5. The lowest BCUT2D eigenvalue weighted by Gasteiger charge is -2.40. The Balaban J connectivity index is 0.000000290. The number of aromatic nitrogens is 2. The lowest BCUT2D eigenvalue weighted by Crippen LogP contribution is -2.58. The molecule has 1 saturated heterocycles. The summed E-state index contributed by atoms with van der Waals surface area (Å²) in [5.74, 6) is -1.53. The molecule has 11 nitrogen and oxygen atoms in total. The highest BCUT2D eigenvalue weighted by Crippen LogP contribution is 2.50. The lowest BCUT2D eigenvalue weighted by molar-refractivity contribution is -0.154. The smallest absolute Gasteiger partial charge is 0.386 e. The predicted octanol–water partition coefficient (Wildman–Crippen LogP) is 5.22. The second-order valence-corrected chi connectivity index (χ2v) is 14.2. The third-order valence-corrected chi connectivity index (χ3v) is 10.2. The topological polar surface area (TPSA) is 143 Å². The molecule has 4 unspecified atom stereocenters. The minimum absolute atomic E-state index is 0.0934. The Labute approximate surface area is 304 Å². The zero-order chi connectivity index (χ0) is 38.7. The predicted molar refractivity (Wildman–Crippen MR) is 191 cm³/mol. The minimum Gasteiger partial charge on any atom is -0.386 e. The molecule has 2 saturated carbocycles. The van der Waals surface area contributed by atoms with Gasteiger partial charge in [0.25, 0.3) is 5.91 Å². The van der Waals surface area contributed by atoms with Gasteiger partial charge in [0.1, 0.15) is 23.8 Å². The van der Waals surface area contributed by atoms with Crippen molar-refractivity contribution in [2.45, 2.75) is 96.9 Å². The van der Waals surface area contributed by atoms with Crippen LogP contribution in [0.3, 0.4) is 0 Å². The summed E-state index contributed by atoms with van der Waals surface area (Å²) >= 11 is 0. The van der Waals surface area contributed by atoms with Gasteiger partial charge in [0, 0.05) is 63.7 Å². The van der Waals surface area contributed by atoms with Crippen molar-refractivity contribution >= 4 is 29.7 Å². The number of aryl methyl sites for hydroxylation is 1. The van der Waals surface area contributed by atoms with Gasteiger partial charge in [-0.2, -0.15) is 18.3 Å². The maximum Gasteiger partial charge on any atom is 0.389 e. The number of amides is 3. The van der Waals surface area contributed by atoms with E-state index in [0.717, 1.165) is 30.5 Å². The molecule has 15 heteroatoms. The number of carbonyl (C=O) groups is 4.